The fourth-order valence-corrected chi connectivity index (χ4v) is 1.66. The van der Waals surface area contributed by atoms with Gasteiger partial charge in [0, 0.05) is 20.0 Å². The van der Waals surface area contributed by atoms with Gasteiger partial charge in [-0.1, -0.05) is 0 Å². The Morgan fingerprint density at radius 3 is 2.55 bits per heavy atom. The zero-order valence-electron chi connectivity index (χ0n) is 10.6. The van der Waals surface area contributed by atoms with Crippen LogP contribution in [0.15, 0.2) is 18.5 Å². The molecule has 0 aliphatic rings. The van der Waals surface area contributed by atoms with E-state index in [-0.39, 0.29) is 12.2 Å². The Balaban J connectivity index is 2.04. The lowest BCUT2D eigenvalue weighted by molar-refractivity contribution is 0.0696. The zero-order valence-corrected chi connectivity index (χ0v) is 10.6. The molecule has 2 N–H and O–H groups in total. The summed E-state index contributed by atoms with van der Waals surface area (Å²) >= 11 is 0. The number of aromatic nitrogens is 3. The minimum absolute atomic E-state index is 0.226. The quantitative estimate of drug-likeness (QED) is 0.867. The van der Waals surface area contributed by atoms with Crippen molar-refractivity contribution in [2.45, 2.75) is 6.42 Å². The molecular formula is C12H12F2N4O2. The number of nitrogens with zero attached hydrogens (tertiary/aromatic N) is 3. The van der Waals surface area contributed by atoms with Gasteiger partial charge in [-0.3, -0.25) is 4.68 Å². The number of nitrogens with one attached hydrogen (secondary N) is 1. The highest BCUT2D eigenvalue weighted by atomic mass is 19.1. The molecule has 0 aliphatic heterocycles. The highest BCUT2D eigenvalue weighted by Crippen LogP contribution is 2.20. The van der Waals surface area contributed by atoms with Gasteiger partial charge in [0.15, 0.2) is 5.82 Å². The van der Waals surface area contributed by atoms with E-state index in [1.807, 2.05) is 0 Å². The van der Waals surface area contributed by atoms with Crippen molar-refractivity contribution in [3.63, 3.8) is 0 Å². The van der Waals surface area contributed by atoms with Gasteiger partial charge < -0.3 is 10.4 Å². The zero-order chi connectivity index (χ0) is 14.7. The van der Waals surface area contributed by atoms with Crippen LogP contribution >= 0.6 is 0 Å². The Bertz CT molecular complexity index is 619. The summed E-state index contributed by atoms with van der Waals surface area (Å²) in [6.07, 6.45) is 1.92. The second-order valence-corrected chi connectivity index (χ2v) is 4.13. The second-order valence-electron chi connectivity index (χ2n) is 4.13. The van der Waals surface area contributed by atoms with Gasteiger partial charge in [0.2, 0.25) is 0 Å². The molecule has 0 aliphatic carbocycles. The van der Waals surface area contributed by atoms with Crippen molar-refractivity contribution in [2.24, 2.45) is 7.05 Å². The van der Waals surface area contributed by atoms with Crippen LogP contribution in [0.1, 0.15) is 16.2 Å². The molecule has 0 saturated heterocycles. The number of hydrogen-bond acceptors (Lipinski definition) is 4. The largest absolute Gasteiger partial charge is 0.478 e. The Hall–Kier alpha value is -2.51. The van der Waals surface area contributed by atoms with Crippen LogP contribution in [0.4, 0.5) is 14.5 Å². The van der Waals surface area contributed by atoms with Crippen molar-refractivity contribution in [2.75, 3.05) is 11.9 Å². The summed E-state index contributed by atoms with van der Waals surface area (Å²) < 4.78 is 28.7. The average Bonchev–Trinajstić information content (AvgIpc) is 2.78. The minimum Gasteiger partial charge on any atom is -0.478 e. The van der Waals surface area contributed by atoms with E-state index in [0.29, 0.717) is 12.2 Å². The molecule has 0 radical (unpaired) electrons. The maximum absolute atomic E-state index is 13.6. The van der Waals surface area contributed by atoms with Gasteiger partial charge in [-0.05, 0) is 12.1 Å². The monoisotopic (exact) mass is 282 g/mol. The van der Waals surface area contributed by atoms with E-state index in [1.54, 1.807) is 7.05 Å². The lowest BCUT2D eigenvalue weighted by Crippen LogP contribution is -2.10. The molecule has 2 rings (SSSR count). The number of halogens is 2. The molecule has 0 unspecified atom stereocenters. The lowest BCUT2D eigenvalue weighted by atomic mass is 10.2. The number of rotatable bonds is 5. The van der Waals surface area contributed by atoms with Crippen LogP contribution in [-0.2, 0) is 13.5 Å². The molecule has 0 saturated carbocycles. The molecule has 106 valence electrons. The number of hydrogen-bond donors (Lipinski definition) is 2. The van der Waals surface area contributed by atoms with Crippen LogP contribution in [0.3, 0.4) is 0 Å². The third kappa shape index (κ3) is 3.08. The Morgan fingerprint density at radius 1 is 1.40 bits per heavy atom. The Morgan fingerprint density at radius 2 is 2.05 bits per heavy atom. The molecular weight excluding hydrogens is 270 g/mol. The smallest absolute Gasteiger partial charge is 0.335 e. The summed E-state index contributed by atoms with van der Waals surface area (Å²) in [5.74, 6) is -2.73. The maximum atomic E-state index is 13.6. The first-order chi connectivity index (χ1) is 9.47. The standard InChI is InChI=1S/C12H12F2N4O2/c1-18-6-16-10(17-18)2-3-15-11-8(13)4-7(12(19)20)5-9(11)14/h4-6,15H,2-3H2,1H3,(H,19,20). The molecule has 0 spiro atoms. The van der Waals surface area contributed by atoms with Gasteiger partial charge in [0.25, 0.3) is 0 Å². The fourth-order valence-electron chi connectivity index (χ4n) is 1.66. The number of carboxylic acid groups (broad SMARTS) is 1. The lowest BCUT2D eigenvalue weighted by Gasteiger charge is -2.08. The first kappa shape index (κ1) is 13.9. The molecule has 0 fully saturated rings. The van der Waals surface area contributed by atoms with Crippen molar-refractivity contribution in [1.82, 2.24) is 14.8 Å². The molecule has 0 amide bonds. The normalized spacial score (nSPS) is 10.6. The van der Waals surface area contributed by atoms with Gasteiger partial charge in [-0.25, -0.2) is 18.6 Å². The van der Waals surface area contributed by atoms with Crippen LogP contribution < -0.4 is 5.32 Å². The maximum Gasteiger partial charge on any atom is 0.335 e. The van der Waals surface area contributed by atoms with Crippen molar-refractivity contribution in [3.05, 3.63) is 41.5 Å². The van der Waals surface area contributed by atoms with E-state index in [1.165, 1.54) is 11.0 Å². The molecule has 1 aromatic heterocycles. The summed E-state index contributed by atoms with van der Waals surface area (Å²) in [5, 5.41) is 15.3. The average molecular weight is 282 g/mol. The Kier molecular flexibility index (Phi) is 3.92. The first-order valence-corrected chi connectivity index (χ1v) is 5.78. The molecule has 2 aromatic rings. The summed E-state index contributed by atoms with van der Waals surface area (Å²) in [4.78, 5) is 14.6. The molecule has 1 aromatic carbocycles. The van der Waals surface area contributed by atoms with Crippen LogP contribution in [-0.4, -0.2) is 32.4 Å². The van der Waals surface area contributed by atoms with Crippen LogP contribution in [0, 0.1) is 11.6 Å². The molecule has 8 heteroatoms. The van der Waals surface area contributed by atoms with Gasteiger partial charge in [-0.15, -0.1) is 0 Å². The SMILES string of the molecule is Cn1cnc(CCNc2c(F)cc(C(=O)O)cc2F)n1. The van der Waals surface area contributed by atoms with E-state index < -0.39 is 23.2 Å². The number of benzene rings is 1. The molecule has 1 heterocycles. The topological polar surface area (TPSA) is 80.0 Å². The number of aryl methyl sites for hydroxylation is 1. The molecule has 6 nitrogen and oxygen atoms in total. The van der Waals surface area contributed by atoms with E-state index in [4.69, 9.17) is 5.11 Å². The van der Waals surface area contributed by atoms with Crippen molar-refractivity contribution in [1.29, 1.82) is 0 Å². The second kappa shape index (κ2) is 5.64. The van der Waals surface area contributed by atoms with Crippen LogP contribution in [0.5, 0.6) is 0 Å². The predicted octanol–water partition coefficient (Wildman–Crippen LogP) is 1.45. The third-order valence-corrected chi connectivity index (χ3v) is 2.59. The van der Waals surface area contributed by atoms with Crippen molar-refractivity contribution in [3.8, 4) is 0 Å². The van der Waals surface area contributed by atoms with E-state index in [9.17, 15) is 13.6 Å². The van der Waals surface area contributed by atoms with Crippen LogP contribution in [0.2, 0.25) is 0 Å². The predicted molar refractivity (Wildman–Crippen MR) is 66.5 cm³/mol. The summed E-state index contributed by atoms with van der Waals surface area (Å²) in [5.41, 5.74) is -0.789. The van der Waals surface area contributed by atoms with E-state index in [2.05, 4.69) is 15.4 Å². The number of aromatic carboxylic acids is 1. The van der Waals surface area contributed by atoms with Gasteiger partial charge >= 0.3 is 5.97 Å². The third-order valence-electron chi connectivity index (χ3n) is 2.59. The van der Waals surface area contributed by atoms with Crippen LogP contribution in [0.25, 0.3) is 0 Å². The van der Waals surface area contributed by atoms with E-state index >= 15 is 0 Å². The van der Waals surface area contributed by atoms with Gasteiger partial charge in [-0.2, -0.15) is 5.10 Å². The fraction of sp³-hybridized carbons (Fsp3) is 0.250. The summed E-state index contributed by atoms with van der Waals surface area (Å²) in [6.45, 7) is 0.226. The number of carbonyl (C=O) groups is 1. The molecule has 0 bridgehead atoms. The van der Waals surface area contributed by atoms with E-state index in [0.717, 1.165) is 12.1 Å². The Labute approximate surface area is 113 Å². The minimum atomic E-state index is -1.38. The first-order valence-electron chi connectivity index (χ1n) is 5.78. The number of carboxylic acids is 1. The van der Waals surface area contributed by atoms with Crippen molar-refractivity contribution >= 4 is 11.7 Å². The highest BCUT2D eigenvalue weighted by Gasteiger charge is 2.14. The molecule has 20 heavy (non-hydrogen) atoms. The van der Waals surface area contributed by atoms with Gasteiger partial charge in [0.05, 0.1) is 5.56 Å². The number of anilines is 1. The molecule has 0 atom stereocenters. The summed E-state index contributed by atoms with van der Waals surface area (Å²) in [6, 6.07) is 1.54. The van der Waals surface area contributed by atoms with Gasteiger partial charge in [0.1, 0.15) is 23.6 Å². The summed E-state index contributed by atoms with van der Waals surface area (Å²) in [7, 11) is 1.72. The van der Waals surface area contributed by atoms with Crippen molar-refractivity contribution < 1.29 is 18.7 Å². The highest BCUT2D eigenvalue weighted by molar-refractivity contribution is 5.88.